The highest BCUT2D eigenvalue weighted by Gasteiger charge is 2.17. The summed E-state index contributed by atoms with van der Waals surface area (Å²) in [6, 6.07) is 12.7. The van der Waals surface area contributed by atoms with E-state index >= 15 is 0 Å². The zero-order valence-electron chi connectivity index (χ0n) is 11.8. The number of fused-ring (bicyclic) bond motifs is 1. The van der Waals surface area contributed by atoms with Gasteiger partial charge in [-0.2, -0.15) is 5.10 Å². The molecule has 1 aliphatic heterocycles. The Hall–Kier alpha value is -2.82. The molecular weight excluding hydrogens is 279 g/mol. The van der Waals surface area contributed by atoms with Crippen LogP contribution in [0.5, 0.6) is 0 Å². The Balaban J connectivity index is 1.82. The number of nitrogens with zero attached hydrogens (tertiary/aromatic N) is 3. The van der Waals surface area contributed by atoms with Crippen molar-refractivity contribution < 1.29 is 4.39 Å². The van der Waals surface area contributed by atoms with Crippen molar-refractivity contribution >= 4 is 5.71 Å². The molecule has 2 aromatic carbocycles. The van der Waals surface area contributed by atoms with E-state index in [-0.39, 0.29) is 5.82 Å². The van der Waals surface area contributed by atoms with Crippen LogP contribution in [0.1, 0.15) is 16.7 Å². The maximum absolute atomic E-state index is 13.1. The summed E-state index contributed by atoms with van der Waals surface area (Å²) in [4.78, 5) is 8.83. The van der Waals surface area contributed by atoms with Gasteiger partial charge in [-0.15, -0.1) is 0 Å². The zero-order valence-corrected chi connectivity index (χ0v) is 11.8. The lowest BCUT2D eigenvalue weighted by atomic mass is 9.91. The van der Waals surface area contributed by atoms with Gasteiger partial charge in [-0.25, -0.2) is 9.37 Å². The van der Waals surface area contributed by atoms with E-state index in [4.69, 9.17) is 0 Å². The van der Waals surface area contributed by atoms with Crippen LogP contribution in [0, 0.1) is 5.82 Å². The van der Waals surface area contributed by atoms with Gasteiger partial charge in [-0.05, 0) is 42.3 Å². The van der Waals surface area contributed by atoms with Crippen LogP contribution in [0.4, 0.5) is 4.39 Å². The number of nitrogens with one attached hydrogen (secondary N) is 1. The molecule has 0 fully saturated rings. The van der Waals surface area contributed by atoms with Crippen LogP contribution in [-0.4, -0.2) is 27.4 Å². The Kier molecular flexibility index (Phi) is 3.04. The molecule has 0 bridgehead atoms. The number of halogens is 1. The van der Waals surface area contributed by atoms with Gasteiger partial charge in [0.2, 0.25) is 0 Å². The summed E-state index contributed by atoms with van der Waals surface area (Å²) in [5.74, 6) is 0.489. The SMILES string of the molecule is Fc1ccc(C2=NCCc3ccc(-c4ncn[nH]4)cc32)cc1. The smallest absolute Gasteiger partial charge is 0.155 e. The Bertz CT molecular complexity index is 836. The van der Waals surface area contributed by atoms with E-state index in [1.54, 1.807) is 12.1 Å². The van der Waals surface area contributed by atoms with E-state index in [2.05, 4.69) is 32.3 Å². The number of hydrogen-bond acceptors (Lipinski definition) is 3. The first-order valence-electron chi connectivity index (χ1n) is 7.11. The molecule has 0 saturated carbocycles. The highest BCUT2D eigenvalue weighted by Crippen LogP contribution is 2.25. The molecule has 0 amide bonds. The molecule has 1 N–H and O–H groups in total. The first-order chi connectivity index (χ1) is 10.8. The Morgan fingerprint density at radius 2 is 1.82 bits per heavy atom. The van der Waals surface area contributed by atoms with Crippen LogP contribution in [0.15, 0.2) is 53.8 Å². The van der Waals surface area contributed by atoms with Gasteiger partial charge in [-0.1, -0.05) is 12.1 Å². The van der Waals surface area contributed by atoms with Crippen LogP contribution in [0.3, 0.4) is 0 Å². The molecule has 0 atom stereocenters. The summed E-state index contributed by atoms with van der Waals surface area (Å²) in [5.41, 5.74) is 5.12. The average molecular weight is 292 g/mol. The minimum absolute atomic E-state index is 0.240. The third-order valence-corrected chi connectivity index (χ3v) is 3.82. The topological polar surface area (TPSA) is 53.9 Å². The largest absolute Gasteiger partial charge is 0.284 e. The highest BCUT2D eigenvalue weighted by molar-refractivity contribution is 6.14. The summed E-state index contributed by atoms with van der Waals surface area (Å²) in [6.45, 7) is 0.751. The van der Waals surface area contributed by atoms with Gasteiger partial charge in [0.15, 0.2) is 5.82 Å². The second kappa shape index (κ2) is 5.18. The molecule has 0 unspecified atom stereocenters. The van der Waals surface area contributed by atoms with Gasteiger partial charge in [-0.3, -0.25) is 10.1 Å². The van der Waals surface area contributed by atoms with E-state index in [0.717, 1.165) is 41.2 Å². The van der Waals surface area contributed by atoms with Crippen molar-refractivity contribution in [1.29, 1.82) is 0 Å². The Morgan fingerprint density at radius 3 is 2.59 bits per heavy atom. The van der Waals surface area contributed by atoms with Gasteiger partial charge in [0, 0.05) is 23.2 Å². The van der Waals surface area contributed by atoms with Crippen molar-refractivity contribution in [2.45, 2.75) is 6.42 Å². The van der Waals surface area contributed by atoms with Crippen LogP contribution in [-0.2, 0) is 6.42 Å². The quantitative estimate of drug-likeness (QED) is 0.789. The molecular formula is C17H13FN4. The third kappa shape index (κ3) is 2.20. The lowest BCUT2D eigenvalue weighted by Crippen LogP contribution is -2.14. The fraction of sp³-hybridized carbons (Fsp3) is 0.118. The van der Waals surface area contributed by atoms with Crippen molar-refractivity contribution in [3.8, 4) is 11.4 Å². The maximum Gasteiger partial charge on any atom is 0.155 e. The average Bonchev–Trinajstić information content (AvgIpc) is 3.09. The molecule has 0 radical (unpaired) electrons. The minimum Gasteiger partial charge on any atom is -0.284 e. The summed E-state index contributed by atoms with van der Waals surface area (Å²) in [6.07, 6.45) is 2.40. The number of rotatable bonds is 2. The molecule has 1 aliphatic rings. The fourth-order valence-corrected chi connectivity index (χ4v) is 2.73. The predicted octanol–water partition coefficient (Wildman–Crippen LogP) is 3.00. The first kappa shape index (κ1) is 12.9. The molecule has 5 heteroatoms. The number of aromatic amines is 1. The molecule has 22 heavy (non-hydrogen) atoms. The van der Waals surface area contributed by atoms with Gasteiger partial charge in [0.05, 0.1) is 5.71 Å². The summed E-state index contributed by atoms with van der Waals surface area (Å²) < 4.78 is 13.1. The normalized spacial score (nSPS) is 13.6. The number of H-pyrrole nitrogens is 1. The first-order valence-corrected chi connectivity index (χ1v) is 7.11. The van der Waals surface area contributed by atoms with Gasteiger partial charge < -0.3 is 0 Å². The van der Waals surface area contributed by atoms with Crippen LogP contribution in [0.25, 0.3) is 11.4 Å². The second-order valence-corrected chi connectivity index (χ2v) is 5.19. The van der Waals surface area contributed by atoms with Crippen molar-refractivity contribution in [2.75, 3.05) is 6.54 Å². The maximum atomic E-state index is 13.1. The summed E-state index contributed by atoms with van der Waals surface area (Å²) in [5, 5.41) is 6.76. The third-order valence-electron chi connectivity index (χ3n) is 3.82. The summed E-state index contributed by atoms with van der Waals surface area (Å²) >= 11 is 0. The monoisotopic (exact) mass is 292 g/mol. The van der Waals surface area contributed by atoms with Crippen molar-refractivity contribution in [2.24, 2.45) is 4.99 Å². The van der Waals surface area contributed by atoms with Crippen LogP contribution >= 0.6 is 0 Å². The number of benzene rings is 2. The van der Waals surface area contributed by atoms with Crippen molar-refractivity contribution in [3.05, 3.63) is 71.3 Å². The molecule has 0 saturated heterocycles. The lowest BCUT2D eigenvalue weighted by Gasteiger charge is -2.18. The van der Waals surface area contributed by atoms with Gasteiger partial charge >= 0.3 is 0 Å². The molecule has 3 aromatic rings. The lowest BCUT2D eigenvalue weighted by molar-refractivity contribution is 0.628. The van der Waals surface area contributed by atoms with Gasteiger partial charge in [0.25, 0.3) is 0 Å². The zero-order chi connectivity index (χ0) is 14.9. The van der Waals surface area contributed by atoms with E-state index in [0.29, 0.717) is 0 Å². The number of aromatic nitrogens is 3. The Labute approximate surface area is 126 Å². The standard InChI is InChI=1S/C17H13FN4/c18-14-5-3-12(4-6-14)16-15-9-13(17-20-10-21-22-17)2-1-11(15)7-8-19-16/h1-6,9-10H,7-8H2,(H,20,21,22). The molecule has 4 rings (SSSR count). The summed E-state index contributed by atoms with van der Waals surface area (Å²) in [7, 11) is 0. The van der Waals surface area contributed by atoms with E-state index in [1.807, 2.05) is 6.07 Å². The van der Waals surface area contributed by atoms with Crippen molar-refractivity contribution in [1.82, 2.24) is 15.2 Å². The molecule has 0 spiro atoms. The van der Waals surface area contributed by atoms with E-state index in [1.165, 1.54) is 24.0 Å². The molecule has 2 heterocycles. The van der Waals surface area contributed by atoms with E-state index in [9.17, 15) is 4.39 Å². The fourth-order valence-electron chi connectivity index (χ4n) is 2.73. The molecule has 1 aromatic heterocycles. The number of aliphatic imine (C=N–C) groups is 1. The van der Waals surface area contributed by atoms with Crippen molar-refractivity contribution in [3.63, 3.8) is 0 Å². The molecule has 0 aliphatic carbocycles. The molecule has 108 valence electrons. The van der Waals surface area contributed by atoms with E-state index < -0.39 is 0 Å². The Morgan fingerprint density at radius 1 is 1.00 bits per heavy atom. The van der Waals surface area contributed by atoms with Crippen LogP contribution < -0.4 is 0 Å². The predicted molar refractivity (Wildman–Crippen MR) is 82.4 cm³/mol. The van der Waals surface area contributed by atoms with Gasteiger partial charge in [0.1, 0.15) is 12.1 Å². The number of hydrogen-bond donors (Lipinski definition) is 1. The minimum atomic E-state index is -0.240. The second-order valence-electron chi connectivity index (χ2n) is 5.19. The highest BCUT2D eigenvalue weighted by atomic mass is 19.1. The van der Waals surface area contributed by atoms with Crippen LogP contribution in [0.2, 0.25) is 0 Å². The molecule has 4 nitrogen and oxygen atoms in total.